The van der Waals surface area contributed by atoms with E-state index in [0.717, 1.165) is 12.8 Å². The van der Waals surface area contributed by atoms with E-state index in [4.69, 9.17) is 0 Å². The van der Waals surface area contributed by atoms with Crippen LogP contribution in [0.3, 0.4) is 0 Å². The maximum Gasteiger partial charge on any atom is 0.0704 e. The minimum atomic E-state index is -0.341. The molecule has 1 aromatic carbocycles. The van der Waals surface area contributed by atoms with E-state index in [1.807, 2.05) is 0 Å². The number of hydrogen-bond acceptors (Lipinski definition) is 1. The van der Waals surface area contributed by atoms with Crippen LogP contribution >= 0.6 is 0 Å². The van der Waals surface area contributed by atoms with Crippen molar-refractivity contribution in [3.63, 3.8) is 0 Å². The Hall–Kier alpha value is -0.820. The molecule has 120 valence electrons. The molecule has 0 heterocycles. The molecule has 0 unspecified atom stereocenters. The van der Waals surface area contributed by atoms with Crippen LogP contribution in [0.25, 0.3) is 0 Å². The quantitative estimate of drug-likeness (QED) is 0.768. The Morgan fingerprint density at radius 2 is 1.68 bits per heavy atom. The van der Waals surface area contributed by atoms with Gasteiger partial charge >= 0.3 is 0 Å². The van der Waals surface area contributed by atoms with Crippen molar-refractivity contribution in [3.05, 3.63) is 35.9 Å². The highest BCUT2D eigenvalue weighted by Gasteiger charge is 2.73. The van der Waals surface area contributed by atoms with E-state index >= 15 is 0 Å². The highest BCUT2D eigenvalue weighted by atomic mass is 16.3. The molecule has 0 aromatic heterocycles. The van der Waals surface area contributed by atoms with Gasteiger partial charge in [0.25, 0.3) is 0 Å². The van der Waals surface area contributed by atoms with Gasteiger partial charge < -0.3 is 5.11 Å². The van der Waals surface area contributed by atoms with Crippen LogP contribution < -0.4 is 0 Å². The number of hydrogen-bond donors (Lipinski definition) is 1. The fourth-order valence-corrected chi connectivity index (χ4v) is 5.99. The normalized spacial score (nSPS) is 43.3. The molecule has 1 nitrogen and oxygen atoms in total. The molecule has 2 bridgehead atoms. The van der Waals surface area contributed by atoms with E-state index in [-0.39, 0.29) is 5.60 Å². The predicted molar refractivity (Wildman–Crippen MR) is 90.8 cm³/mol. The molecular formula is C21H30O. The molecule has 0 spiro atoms. The van der Waals surface area contributed by atoms with E-state index in [9.17, 15) is 5.11 Å². The summed E-state index contributed by atoms with van der Waals surface area (Å²) in [6, 6.07) is 10.9. The standard InChI is InChI=1S/C21H30O/c1-2-3-11-19-14-20(15-19,16-19)21(22)12-9-18(10-13-21)17-7-5-4-6-8-17/h4-8,18,22H,2-3,9-16H2,1H3. The van der Waals surface area contributed by atoms with Gasteiger partial charge in [0, 0.05) is 5.41 Å². The third-order valence-corrected chi connectivity index (χ3v) is 7.27. The zero-order chi connectivity index (χ0) is 15.3. The molecule has 1 N–H and O–H groups in total. The van der Waals surface area contributed by atoms with Gasteiger partial charge in [-0.1, -0.05) is 50.1 Å². The third-order valence-electron chi connectivity index (χ3n) is 7.27. The van der Waals surface area contributed by atoms with Gasteiger partial charge in [-0.2, -0.15) is 0 Å². The van der Waals surface area contributed by atoms with Crippen molar-refractivity contribution in [1.29, 1.82) is 0 Å². The number of rotatable bonds is 5. The fourth-order valence-electron chi connectivity index (χ4n) is 5.99. The maximum atomic E-state index is 11.3. The first-order valence-corrected chi connectivity index (χ1v) is 9.38. The van der Waals surface area contributed by atoms with Gasteiger partial charge in [-0.05, 0) is 68.3 Å². The van der Waals surface area contributed by atoms with Gasteiger partial charge in [-0.3, -0.25) is 0 Å². The van der Waals surface area contributed by atoms with Crippen molar-refractivity contribution in [2.45, 2.75) is 82.7 Å². The zero-order valence-corrected chi connectivity index (χ0v) is 14.0. The minimum Gasteiger partial charge on any atom is -0.389 e. The lowest BCUT2D eigenvalue weighted by Gasteiger charge is -2.77. The molecule has 4 saturated carbocycles. The van der Waals surface area contributed by atoms with Crippen LogP contribution in [-0.4, -0.2) is 10.7 Å². The molecule has 5 rings (SSSR count). The molecule has 0 aliphatic heterocycles. The Labute approximate surface area is 135 Å². The lowest BCUT2D eigenvalue weighted by molar-refractivity contribution is -0.308. The monoisotopic (exact) mass is 298 g/mol. The van der Waals surface area contributed by atoms with Crippen LogP contribution in [0.5, 0.6) is 0 Å². The summed E-state index contributed by atoms with van der Waals surface area (Å²) >= 11 is 0. The van der Waals surface area contributed by atoms with Crippen molar-refractivity contribution in [3.8, 4) is 0 Å². The topological polar surface area (TPSA) is 20.2 Å². The first-order chi connectivity index (χ1) is 10.6. The van der Waals surface area contributed by atoms with Gasteiger partial charge in [0.2, 0.25) is 0 Å². The molecule has 0 atom stereocenters. The summed E-state index contributed by atoms with van der Waals surface area (Å²) in [5.41, 5.74) is 2.11. The first-order valence-electron chi connectivity index (χ1n) is 9.38. The van der Waals surface area contributed by atoms with E-state index in [0.29, 0.717) is 16.7 Å². The Kier molecular flexibility index (Phi) is 3.41. The molecule has 0 saturated heterocycles. The predicted octanol–water partition coefficient (Wildman–Crippen LogP) is 5.44. The van der Waals surface area contributed by atoms with Crippen molar-refractivity contribution in [2.75, 3.05) is 0 Å². The van der Waals surface area contributed by atoms with Crippen molar-refractivity contribution >= 4 is 0 Å². The largest absolute Gasteiger partial charge is 0.389 e. The highest BCUT2D eigenvalue weighted by Crippen LogP contribution is 2.80. The van der Waals surface area contributed by atoms with Gasteiger partial charge in [-0.25, -0.2) is 0 Å². The summed E-state index contributed by atoms with van der Waals surface area (Å²) < 4.78 is 0. The molecule has 0 amide bonds. The summed E-state index contributed by atoms with van der Waals surface area (Å²) in [6.45, 7) is 2.29. The van der Waals surface area contributed by atoms with Crippen LogP contribution in [0.15, 0.2) is 30.3 Å². The SMILES string of the molecule is CCCCC12CC(C3(O)CCC(c4ccccc4)CC3)(C1)C2. The van der Waals surface area contributed by atoms with Gasteiger partial charge in [-0.15, -0.1) is 0 Å². The Morgan fingerprint density at radius 1 is 1.05 bits per heavy atom. The fraction of sp³-hybridized carbons (Fsp3) is 0.714. The third kappa shape index (κ3) is 2.08. The van der Waals surface area contributed by atoms with E-state index < -0.39 is 0 Å². The van der Waals surface area contributed by atoms with Crippen molar-refractivity contribution in [1.82, 2.24) is 0 Å². The van der Waals surface area contributed by atoms with Gasteiger partial charge in [0.1, 0.15) is 0 Å². The molecule has 4 fully saturated rings. The van der Waals surface area contributed by atoms with Crippen molar-refractivity contribution in [2.24, 2.45) is 10.8 Å². The highest BCUT2D eigenvalue weighted by molar-refractivity contribution is 5.26. The average Bonchev–Trinajstić information content (AvgIpc) is 2.46. The summed E-state index contributed by atoms with van der Waals surface area (Å²) in [5.74, 6) is 0.669. The summed E-state index contributed by atoms with van der Waals surface area (Å²) in [5, 5.41) is 11.3. The van der Waals surface area contributed by atoms with Crippen molar-refractivity contribution < 1.29 is 5.11 Å². The van der Waals surface area contributed by atoms with Crippen LogP contribution in [0, 0.1) is 10.8 Å². The molecule has 0 radical (unpaired) electrons. The molecule has 1 heteroatoms. The number of benzene rings is 1. The molecular weight excluding hydrogens is 268 g/mol. The molecule has 22 heavy (non-hydrogen) atoms. The van der Waals surface area contributed by atoms with Crippen LogP contribution in [0.2, 0.25) is 0 Å². The van der Waals surface area contributed by atoms with Gasteiger partial charge in [0.15, 0.2) is 0 Å². The van der Waals surface area contributed by atoms with Crippen LogP contribution in [-0.2, 0) is 0 Å². The van der Waals surface area contributed by atoms with E-state index in [1.165, 1.54) is 56.9 Å². The Morgan fingerprint density at radius 3 is 2.27 bits per heavy atom. The molecule has 1 aromatic rings. The minimum absolute atomic E-state index is 0.322. The van der Waals surface area contributed by atoms with Crippen LogP contribution in [0.1, 0.15) is 82.6 Å². The Balaban J connectivity index is 1.36. The van der Waals surface area contributed by atoms with E-state index in [1.54, 1.807) is 0 Å². The summed E-state index contributed by atoms with van der Waals surface area (Å²) in [6.07, 6.45) is 12.5. The zero-order valence-electron chi connectivity index (χ0n) is 14.0. The second kappa shape index (κ2) is 5.09. The van der Waals surface area contributed by atoms with Gasteiger partial charge in [0.05, 0.1) is 5.60 Å². The lowest BCUT2D eigenvalue weighted by Crippen LogP contribution is -2.72. The number of unbranched alkanes of at least 4 members (excludes halogenated alkanes) is 1. The smallest absolute Gasteiger partial charge is 0.0704 e. The summed E-state index contributed by atoms with van der Waals surface area (Å²) in [4.78, 5) is 0. The lowest BCUT2D eigenvalue weighted by atomic mass is 9.29. The second-order valence-electron chi connectivity index (χ2n) is 8.63. The second-order valence-corrected chi connectivity index (χ2v) is 8.63. The summed E-state index contributed by atoms with van der Waals surface area (Å²) in [7, 11) is 0. The molecule has 4 aliphatic rings. The Bertz CT molecular complexity index is 504. The van der Waals surface area contributed by atoms with Crippen LogP contribution in [0.4, 0.5) is 0 Å². The van der Waals surface area contributed by atoms with E-state index in [2.05, 4.69) is 37.3 Å². The molecule has 4 aliphatic carbocycles. The average molecular weight is 298 g/mol. The maximum absolute atomic E-state index is 11.3. The number of aliphatic hydroxyl groups is 1. The first kappa shape index (κ1) is 14.8.